The largest absolute Gasteiger partial charge is 0.493 e. The predicted octanol–water partition coefficient (Wildman–Crippen LogP) is 3.51. The molecule has 0 spiro atoms. The van der Waals surface area contributed by atoms with Crippen molar-refractivity contribution in [2.24, 2.45) is 0 Å². The van der Waals surface area contributed by atoms with Crippen LogP contribution in [0, 0.1) is 12.7 Å². The topological polar surface area (TPSA) is 76.2 Å². The number of sulfonamides is 1. The fourth-order valence-electron chi connectivity index (χ4n) is 3.86. The van der Waals surface area contributed by atoms with Crippen LogP contribution in [0.1, 0.15) is 15.2 Å². The molecule has 0 radical (unpaired) electrons. The van der Waals surface area contributed by atoms with E-state index in [0.29, 0.717) is 27.3 Å². The first kappa shape index (κ1) is 22.5. The first-order valence-electron chi connectivity index (χ1n) is 9.97. The highest BCUT2D eigenvalue weighted by Gasteiger charge is 2.32. The number of fused-ring (bicyclic) bond motifs is 1. The summed E-state index contributed by atoms with van der Waals surface area (Å²) < 4.78 is 52.9. The molecule has 1 amide bonds. The number of amides is 1. The minimum Gasteiger partial charge on any atom is -0.493 e. The Balaban J connectivity index is 1.51. The van der Waals surface area contributed by atoms with Crippen molar-refractivity contribution in [3.63, 3.8) is 0 Å². The second-order valence-electron chi connectivity index (χ2n) is 7.38. The first-order valence-corrected chi connectivity index (χ1v) is 12.2. The zero-order valence-corrected chi connectivity index (χ0v) is 19.6. The highest BCUT2D eigenvalue weighted by atomic mass is 32.2. The van der Waals surface area contributed by atoms with Crippen molar-refractivity contribution in [3.8, 4) is 11.5 Å². The van der Waals surface area contributed by atoms with E-state index >= 15 is 0 Å². The summed E-state index contributed by atoms with van der Waals surface area (Å²) in [6, 6.07) is 9.26. The summed E-state index contributed by atoms with van der Waals surface area (Å²) in [5.41, 5.74) is 0.619. The minimum absolute atomic E-state index is 0.103. The number of carbonyl (C=O) groups is 1. The summed E-state index contributed by atoms with van der Waals surface area (Å²) in [7, 11) is -0.829. The van der Waals surface area contributed by atoms with Gasteiger partial charge < -0.3 is 14.4 Å². The van der Waals surface area contributed by atoms with Gasteiger partial charge in [-0.1, -0.05) is 6.07 Å². The highest BCUT2D eigenvalue weighted by molar-refractivity contribution is 7.89. The monoisotopic (exact) mass is 478 g/mol. The maximum atomic E-state index is 14.2. The second kappa shape index (κ2) is 8.68. The van der Waals surface area contributed by atoms with E-state index < -0.39 is 10.0 Å². The molecule has 0 atom stereocenters. The summed E-state index contributed by atoms with van der Waals surface area (Å²) in [5.74, 6) is 0.222. The van der Waals surface area contributed by atoms with E-state index in [-0.39, 0.29) is 42.8 Å². The number of hydrogen-bond acceptors (Lipinski definition) is 6. The molecule has 32 heavy (non-hydrogen) atoms. The number of rotatable bonds is 5. The fourth-order valence-corrected chi connectivity index (χ4v) is 6.49. The molecule has 7 nitrogen and oxygen atoms in total. The third kappa shape index (κ3) is 3.82. The molecule has 1 saturated heterocycles. The zero-order chi connectivity index (χ0) is 23.0. The number of aryl methyl sites for hydroxylation is 1. The maximum Gasteiger partial charge on any atom is 0.264 e. The Morgan fingerprint density at radius 1 is 1.03 bits per heavy atom. The van der Waals surface area contributed by atoms with E-state index in [1.807, 2.05) is 0 Å². The summed E-state index contributed by atoms with van der Waals surface area (Å²) >= 11 is 1.26. The molecule has 1 aliphatic heterocycles. The predicted molar refractivity (Wildman–Crippen MR) is 121 cm³/mol. The Morgan fingerprint density at radius 3 is 2.34 bits per heavy atom. The summed E-state index contributed by atoms with van der Waals surface area (Å²) in [5, 5.41) is 0.468. The molecule has 170 valence electrons. The lowest BCUT2D eigenvalue weighted by Gasteiger charge is -2.34. The van der Waals surface area contributed by atoms with Crippen molar-refractivity contribution in [2.75, 3.05) is 40.4 Å². The molecular weight excluding hydrogens is 455 g/mol. The van der Waals surface area contributed by atoms with Gasteiger partial charge in [0.2, 0.25) is 10.0 Å². The molecule has 1 fully saturated rings. The van der Waals surface area contributed by atoms with E-state index in [4.69, 9.17) is 9.47 Å². The van der Waals surface area contributed by atoms with E-state index in [9.17, 15) is 17.6 Å². The van der Waals surface area contributed by atoms with E-state index in [1.165, 1.54) is 48.1 Å². The van der Waals surface area contributed by atoms with Crippen LogP contribution >= 0.6 is 11.3 Å². The molecule has 0 N–H and O–H groups in total. The lowest BCUT2D eigenvalue weighted by Crippen LogP contribution is -2.50. The van der Waals surface area contributed by atoms with Crippen LogP contribution in [0.3, 0.4) is 0 Å². The third-order valence-corrected chi connectivity index (χ3v) is 8.76. The second-order valence-corrected chi connectivity index (χ2v) is 10.4. The van der Waals surface area contributed by atoms with Gasteiger partial charge in [0.15, 0.2) is 11.5 Å². The normalized spacial score (nSPS) is 15.2. The van der Waals surface area contributed by atoms with E-state index in [0.717, 1.165) is 4.70 Å². The molecule has 0 bridgehead atoms. The Kier molecular flexibility index (Phi) is 6.11. The van der Waals surface area contributed by atoms with Crippen molar-refractivity contribution in [2.45, 2.75) is 11.8 Å². The van der Waals surface area contributed by atoms with Gasteiger partial charge in [-0.05, 0) is 36.8 Å². The SMILES string of the molecule is COc1ccc(S(=O)(=O)N2CCN(C(=O)c3sc4cccc(F)c4c3C)CC2)cc1OC. The number of ether oxygens (including phenoxy) is 2. The molecule has 0 unspecified atom stereocenters. The van der Waals surface area contributed by atoms with Crippen molar-refractivity contribution in [1.29, 1.82) is 0 Å². The number of carbonyl (C=O) groups excluding carboxylic acids is 1. The molecule has 2 heterocycles. The fraction of sp³-hybridized carbons (Fsp3) is 0.318. The number of nitrogens with zero attached hydrogens (tertiary/aromatic N) is 2. The summed E-state index contributed by atoms with van der Waals surface area (Å²) in [6.07, 6.45) is 0. The molecular formula is C22H23FN2O5S2. The van der Waals surface area contributed by atoms with Crippen LogP contribution in [0.2, 0.25) is 0 Å². The van der Waals surface area contributed by atoms with Gasteiger partial charge in [0.1, 0.15) is 5.82 Å². The summed E-state index contributed by atoms with van der Waals surface area (Å²) in [6.45, 7) is 2.58. The van der Waals surface area contributed by atoms with Crippen LogP contribution in [0.25, 0.3) is 10.1 Å². The molecule has 1 aromatic heterocycles. The molecule has 4 rings (SSSR count). The molecule has 10 heteroatoms. The van der Waals surface area contributed by atoms with E-state index in [1.54, 1.807) is 30.0 Å². The van der Waals surface area contributed by atoms with Crippen LogP contribution in [0.5, 0.6) is 11.5 Å². The summed E-state index contributed by atoms with van der Waals surface area (Å²) in [4.78, 5) is 15.3. The Hall–Kier alpha value is -2.69. The molecule has 0 aliphatic carbocycles. The molecule has 2 aromatic carbocycles. The van der Waals surface area contributed by atoms with Gasteiger partial charge >= 0.3 is 0 Å². The van der Waals surface area contributed by atoms with Crippen LogP contribution in [0.15, 0.2) is 41.3 Å². The van der Waals surface area contributed by atoms with Gasteiger partial charge in [0.25, 0.3) is 5.91 Å². The number of methoxy groups -OCH3 is 2. The smallest absolute Gasteiger partial charge is 0.264 e. The average molecular weight is 479 g/mol. The van der Waals surface area contributed by atoms with Crippen molar-refractivity contribution < 1.29 is 27.1 Å². The van der Waals surface area contributed by atoms with Crippen molar-refractivity contribution in [1.82, 2.24) is 9.21 Å². The molecule has 1 aliphatic rings. The van der Waals surface area contributed by atoms with Crippen LogP contribution in [-0.2, 0) is 10.0 Å². The quantitative estimate of drug-likeness (QED) is 0.561. The standard InChI is InChI=1S/C22H23FN2O5S2/c1-14-20-16(23)5-4-6-19(20)31-21(14)22(26)24-9-11-25(12-10-24)32(27,28)15-7-8-17(29-2)18(13-15)30-3/h4-8,13H,9-12H2,1-3H3. The third-order valence-electron chi connectivity index (χ3n) is 5.62. The van der Waals surface area contributed by atoms with Crippen molar-refractivity contribution in [3.05, 3.63) is 52.7 Å². The Bertz CT molecular complexity index is 1280. The van der Waals surface area contributed by atoms with Gasteiger partial charge in [0, 0.05) is 42.3 Å². The number of piperazine rings is 1. The van der Waals surface area contributed by atoms with Gasteiger partial charge in [-0.25, -0.2) is 12.8 Å². The molecule has 0 saturated carbocycles. The molecule has 3 aromatic rings. The lowest BCUT2D eigenvalue weighted by molar-refractivity contribution is 0.0702. The first-order chi connectivity index (χ1) is 15.3. The number of halogens is 1. The average Bonchev–Trinajstić information content (AvgIpc) is 3.15. The maximum absolute atomic E-state index is 14.2. The van der Waals surface area contributed by atoms with Crippen LogP contribution < -0.4 is 9.47 Å². The van der Waals surface area contributed by atoms with Crippen molar-refractivity contribution >= 4 is 37.4 Å². The van der Waals surface area contributed by atoms with Gasteiger partial charge in [-0.3, -0.25) is 4.79 Å². The zero-order valence-electron chi connectivity index (χ0n) is 17.9. The van der Waals surface area contributed by atoms with E-state index in [2.05, 4.69) is 0 Å². The number of hydrogen-bond donors (Lipinski definition) is 0. The van der Waals surface area contributed by atoms with Crippen LogP contribution in [0.4, 0.5) is 4.39 Å². The highest BCUT2D eigenvalue weighted by Crippen LogP contribution is 2.34. The lowest BCUT2D eigenvalue weighted by atomic mass is 10.1. The Morgan fingerprint density at radius 2 is 1.72 bits per heavy atom. The van der Waals surface area contributed by atoms with Gasteiger partial charge in [-0.15, -0.1) is 11.3 Å². The number of benzene rings is 2. The van der Waals surface area contributed by atoms with Gasteiger partial charge in [-0.2, -0.15) is 4.31 Å². The number of thiophene rings is 1. The van der Waals surface area contributed by atoms with Crippen LogP contribution in [-0.4, -0.2) is 63.9 Å². The minimum atomic E-state index is -3.75. The van der Waals surface area contributed by atoms with Gasteiger partial charge in [0.05, 0.1) is 24.0 Å². The Labute approximate surface area is 190 Å².